The molecule has 3 heteroatoms. The zero-order valence-electron chi connectivity index (χ0n) is 12.3. The number of benzene rings is 1. The molecular formula is C16H27BrN2. The average Bonchev–Trinajstić information content (AvgIpc) is 2.43. The maximum Gasteiger partial charge on any atom is 0.0341 e. The van der Waals surface area contributed by atoms with Crippen molar-refractivity contribution in [1.29, 1.82) is 0 Å². The van der Waals surface area contributed by atoms with Gasteiger partial charge in [-0.15, -0.1) is 0 Å². The van der Waals surface area contributed by atoms with Gasteiger partial charge in [-0.1, -0.05) is 42.6 Å². The van der Waals surface area contributed by atoms with Gasteiger partial charge in [0.1, 0.15) is 0 Å². The molecule has 0 aromatic heterocycles. The molecule has 0 radical (unpaired) electrons. The quantitative estimate of drug-likeness (QED) is 0.666. The van der Waals surface area contributed by atoms with E-state index in [2.05, 4.69) is 64.3 Å². The standard InChI is InChI=1S/C16H27BrN2/c1-3-5-12-19(13-6-4-2)14-11-18-16-9-7-15(17)8-10-16/h7-10,18H,3-6,11-14H2,1-2H3. The number of nitrogens with zero attached hydrogens (tertiary/aromatic N) is 1. The normalized spacial score (nSPS) is 10.9. The van der Waals surface area contributed by atoms with E-state index in [1.165, 1.54) is 44.5 Å². The van der Waals surface area contributed by atoms with Crippen LogP contribution in [0.5, 0.6) is 0 Å². The first-order valence-corrected chi connectivity index (χ1v) is 8.27. The Morgan fingerprint density at radius 3 is 2.05 bits per heavy atom. The van der Waals surface area contributed by atoms with Crippen LogP contribution in [-0.2, 0) is 0 Å². The summed E-state index contributed by atoms with van der Waals surface area (Å²) in [6, 6.07) is 8.39. The molecule has 0 saturated carbocycles. The molecule has 1 aromatic carbocycles. The van der Waals surface area contributed by atoms with Gasteiger partial charge in [-0.3, -0.25) is 0 Å². The van der Waals surface area contributed by atoms with Gasteiger partial charge in [-0.2, -0.15) is 0 Å². The summed E-state index contributed by atoms with van der Waals surface area (Å²) in [7, 11) is 0. The molecule has 0 unspecified atom stereocenters. The van der Waals surface area contributed by atoms with E-state index in [-0.39, 0.29) is 0 Å². The van der Waals surface area contributed by atoms with Gasteiger partial charge >= 0.3 is 0 Å². The number of rotatable bonds is 10. The molecule has 0 bridgehead atoms. The number of unbranched alkanes of at least 4 members (excludes halogenated alkanes) is 2. The van der Waals surface area contributed by atoms with Crippen molar-refractivity contribution in [3.8, 4) is 0 Å². The highest BCUT2D eigenvalue weighted by atomic mass is 79.9. The molecule has 0 fully saturated rings. The minimum atomic E-state index is 1.02. The van der Waals surface area contributed by atoms with Gasteiger partial charge in [0.2, 0.25) is 0 Å². The van der Waals surface area contributed by atoms with Crippen LogP contribution in [0.3, 0.4) is 0 Å². The van der Waals surface area contributed by atoms with Crippen LogP contribution in [0.4, 0.5) is 5.69 Å². The van der Waals surface area contributed by atoms with E-state index in [4.69, 9.17) is 0 Å². The summed E-state index contributed by atoms with van der Waals surface area (Å²) in [6.45, 7) is 9.15. The molecule has 0 saturated heterocycles. The lowest BCUT2D eigenvalue weighted by molar-refractivity contribution is 0.275. The van der Waals surface area contributed by atoms with Gasteiger partial charge < -0.3 is 10.2 Å². The third-order valence-electron chi connectivity index (χ3n) is 3.26. The van der Waals surface area contributed by atoms with Gasteiger partial charge in [0, 0.05) is 23.2 Å². The van der Waals surface area contributed by atoms with E-state index in [0.29, 0.717) is 0 Å². The van der Waals surface area contributed by atoms with Crippen molar-refractivity contribution in [3.05, 3.63) is 28.7 Å². The topological polar surface area (TPSA) is 15.3 Å². The Morgan fingerprint density at radius 2 is 1.53 bits per heavy atom. The molecule has 0 heterocycles. The number of anilines is 1. The average molecular weight is 327 g/mol. The van der Waals surface area contributed by atoms with Crippen LogP contribution in [-0.4, -0.2) is 31.1 Å². The lowest BCUT2D eigenvalue weighted by Crippen LogP contribution is -2.31. The monoisotopic (exact) mass is 326 g/mol. The van der Waals surface area contributed by atoms with Gasteiger partial charge in [0.15, 0.2) is 0 Å². The fourth-order valence-electron chi connectivity index (χ4n) is 2.02. The first-order chi connectivity index (χ1) is 9.26. The summed E-state index contributed by atoms with van der Waals surface area (Å²) in [4.78, 5) is 2.58. The zero-order chi connectivity index (χ0) is 13.9. The number of nitrogens with one attached hydrogen (secondary N) is 1. The minimum Gasteiger partial charge on any atom is -0.384 e. The lowest BCUT2D eigenvalue weighted by Gasteiger charge is -2.22. The summed E-state index contributed by atoms with van der Waals surface area (Å²) in [5, 5.41) is 3.49. The second-order valence-electron chi connectivity index (χ2n) is 4.98. The molecule has 0 aliphatic heterocycles. The van der Waals surface area contributed by atoms with Gasteiger partial charge in [0.05, 0.1) is 0 Å². The van der Waals surface area contributed by atoms with Crippen LogP contribution in [0.15, 0.2) is 28.7 Å². The van der Waals surface area contributed by atoms with E-state index >= 15 is 0 Å². The predicted octanol–water partition coefficient (Wildman–Crippen LogP) is 4.76. The third-order valence-corrected chi connectivity index (χ3v) is 3.79. The molecule has 108 valence electrons. The predicted molar refractivity (Wildman–Crippen MR) is 88.9 cm³/mol. The van der Waals surface area contributed by atoms with Crippen LogP contribution in [0, 0.1) is 0 Å². The molecular weight excluding hydrogens is 300 g/mol. The number of hydrogen-bond donors (Lipinski definition) is 1. The fraction of sp³-hybridized carbons (Fsp3) is 0.625. The Bertz CT molecular complexity index is 316. The Morgan fingerprint density at radius 1 is 0.947 bits per heavy atom. The van der Waals surface area contributed by atoms with Crippen LogP contribution < -0.4 is 5.32 Å². The van der Waals surface area contributed by atoms with Crippen LogP contribution in [0.1, 0.15) is 39.5 Å². The van der Waals surface area contributed by atoms with Crippen LogP contribution >= 0.6 is 15.9 Å². The number of hydrogen-bond acceptors (Lipinski definition) is 2. The van der Waals surface area contributed by atoms with Gasteiger partial charge in [0.25, 0.3) is 0 Å². The fourth-order valence-corrected chi connectivity index (χ4v) is 2.29. The summed E-state index contributed by atoms with van der Waals surface area (Å²) in [5.74, 6) is 0. The molecule has 0 amide bonds. The highest BCUT2D eigenvalue weighted by Gasteiger charge is 2.03. The van der Waals surface area contributed by atoms with E-state index in [0.717, 1.165) is 17.6 Å². The highest BCUT2D eigenvalue weighted by molar-refractivity contribution is 9.10. The maximum absolute atomic E-state index is 3.49. The largest absolute Gasteiger partial charge is 0.384 e. The van der Waals surface area contributed by atoms with Gasteiger partial charge in [-0.25, -0.2) is 0 Å². The van der Waals surface area contributed by atoms with Crippen LogP contribution in [0.25, 0.3) is 0 Å². The molecule has 1 aromatic rings. The van der Waals surface area contributed by atoms with Crippen molar-refractivity contribution >= 4 is 21.6 Å². The molecule has 1 rings (SSSR count). The van der Waals surface area contributed by atoms with Crippen molar-refractivity contribution in [2.75, 3.05) is 31.5 Å². The molecule has 0 spiro atoms. The summed E-state index contributed by atoms with van der Waals surface area (Å²) < 4.78 is 1.13. The second kappa shape index (κ2) is 10.3. The van der Waals surface area contributed by atoms with Gasteiger partial charge in [-0.05, 0) is 50.2 Å². The molecule has 2 nitrogen and oxygen atoms in total. The zero-order valence-corrected chi connectivity index (χ0v) is 13.9. The molecule has 0 aliphatic rings. The summed E-state index contributed by atoms with van der Waals surface area (Å²) in [5.41, 5.74) is 1.20. The third kappa shape index (κ3) is 7.58. The Balaban J connectivity index is 2.27. The van der Waals surface area contributed by atoms with Crippen molar-refractivity contribution in [3.63, 3.8) is 0 Å². The van der Waals surface area contributed by atoms with E-state index in [1.54, 1.807) is 0 Å². The first-order valence-electron chi connectivity index (χ1n) is 7.48. The lowest BCUT2D eigenvalue weighted by atomic mass is 10.2. The number of halogens is 1. The smallest absolute Gasteiger partial charge is 0.0341 e. The Hall–Kier alpha value is -0.540. The van der Waals surface area contributed by atoms with Crippen molar-refractivity contribution in [2.24, 2.45) is 0 Å². The Labute approximate surface area is 126 Å². The molecule has 1 N–H and O–H groups in total. The maximum atomic E-state index is 3.49. The van der Waals surface area contributed by atoms with Crippen molar-refractivity contribution in [1.82, 2.24) is 4.90 Å². The van der Waals surface area contributed by atoms with E-state index in [9.17, 15) is 0 Å². The van der Waals surface area contributed by atoms with E-state index in [1.807, 2.05) is 0 Å². The molecule has 0 aliphatic carbocycles. The summed E-state index contributed by atoms with van der Waals surface area (Å²) in [6.07, 6.45) is 5.18. The second-order valence-corrected chi connectivity index (χ2v) is 5.90. The van der Waals surface area contributed by atoms with Crippen molar-refractivity contribution in [2.45, 2.75) is 39.5 Å². The van der Waals surface area contributed by atoms with E-state index < -0.39 is 0 Å². The molecule has 19 heavy (non-hydrogen) atoms. The SMILES string of the molecule is CCCCN(CCCC)CCNc1ccc(Br)cc1. The molecule has 0 atom stereocenters. The van der Waals surface area contributed by atoms with Crippen LogP contribution in [0.2, 0.25) is 0 Å². The highest BCUT2D eigenvalue weighted by Crippen LogP contribution is 2.13. The first kappa shape index (κ1) is 16.5. The summed E-state index contributed by atoms with van der Waals surface area (Å²) >= 11 is 3.46. The minimum absolute atomic E-state index is 1.02. The van der Waals surface area contributed by atoms with Crippen molar-refractivity contribution < 1.29 is 0 Å². The Kier molecular flexibility index (Phi) is 8.93.